The minimum absolute atomic E-state index is 0.0327. The molecular weight excluding hydrogens is 448 g/mol. The molecule has 1 amide bonds. The van der Waals surface area contributed by atoms with Gasteiger partial charge in [0.2, 0.25) is 15.9 Å². The van der Waals surface area contributed by atoms with Gasteiger partial charge in [0.1, 0.15) is 10.6 Å². The molecule has 0 heterocycles. The Balaban J connectivity index is 1.80. The molecule has 0 aliphatic heterocycles. The van der Waals surface area contributed by atoms with Gasteiger partial charge in [-0.3, -0.25) is 4.79 Å². The average molecular weight is 473 g/mol. The predicted molar refractivity (Wildman–Crippen MR) is 125 cm³/mol. The number of amides is 1. The van der Waals surface area contributed by atoms with Crippen molar-refractivity contribution in [3.05, 3.63) is 95.0 Å². The first-order valence-electron chi connectivity index (χ1n) is 10.1. The van der Waals surface area contributed by atoms with Gasteiger partial charge in [-0.1, -0.05) is 72.3 Å². The molecule has 8 heteroatoms. The molecule has 0 bridgehead atoms. The van der Waals surface area contributed by atoms with E-state index in [1.54, 1.807) is 6.07 Å². The van der Waals surface area contributed by atoms with Crippen LogP contribution in [0.5, 0.6) is 5.75 Å². The van der Waals surface area contributed by atoms with Crippen LogP contribution >= 0.6 is 11.6 Å². The van der Waals surface area contributed by atoms with Crippen LogP contribution in [0, 0.1) is 0 Å². The van der Waals surface area contributed by atoms with Crippen LogP contribution in [0.4, 0.5) is 0 Å². The third-order valence-electron chi connectivity index (χ3n) is 4.84. The van der Waals surface area contributed by atoms with E-state index in [0.717, 1.165) is 15.4 Å². The van der Waals surface area contributed by atoms with Crippen molar-refractivity contribution < 1.29 is 17.9 Å². The predicted octanol–water partition coefficient (Wildman–Crippen LogP) is 3.90. The molecular formula is C24H25ClN2O4S. The normalized spacial score (nSPS) is 11.3. The van der Waals surface area contributed by atoms with E-state index in [2.05, 4.69) is 5.32 Å². The molecule has 0 aromatic heterocycles. The maximum absolute atomic E-state index is 13.5. The van der Waals surface area contributed by atoms with Crippen molar-refractivity contribution in [2.24, 2.45) is 0 Å². The van der Waals surface area contributed by atoms with Gasteiger partial charge < -0.3 is 10.1 Å². The fraction of sp³-hybridized carbons (Fsp3) is 0.208. The van der Waals surface area contributed by atoms with E-state index in [4.69, 9.17) is 16.3 Å². The molecule has 32 heavy (non-hydrogen) atoms. The zero-order valence-corrected chi connectivity index (χ0v) is 19.3. The summed E-state index contributed by atoms with van der Waals surface area (Å²) in [6, 6.07) is 23.2. The van der Waals surface area contributed by atoms with Crippen molar-refractivity contribution in [3.63, 3.8) is 0 Å². The molecule has 0 aliphatic carbocycles. The number of methoxy groups -OCH3 is 1. The highest BCUT2D eigenvalue weighted by atomic mass is 35.5. The standard InChI is InChI=1S/C24H25ClN2O4S/c1-31-22-13-12-21(25)16-23(22)32(29,30)27(17-20-10-6-3-7-11-20)18-24(28)26-15-14-19-8-4-2-5-9-19/h2-13,16H,14-15,17-18H2,1H3,(H,26,28). The molecule has 0 unspecified atom stereocenters. The molecule has 3 aromatic rings. The Hall–Kier alpha value is -2.87. The number of hydrogen-bond acceptors (Lipinski definition) is 4. The topological polar surface area (TPSA) is 75.7 Å². The zero-order valence-electron chi connectivity index (χ0n) is 17.7. The lowest BCUT2D eigenvalue weighted by Crippen LogP contribution is -2.41. The van der Waals surface area contributed by atoms with Gasteiger partial charge in [-0.05, 0) is 35.7 Å². The number of nitrogens with zero attached hydrogens (tertiary/aromatic N) is 1. The molecule has 1 N–H and O–H groups in total. The summed E-state index contributed by atoms with van der Waals surface area (Å²) in [4.78, 5) is 12.6. The van der Waals surface area contributed by atoms with Crippen LogP contribution in [0.2, 0.25) is 5.02 Å². The third kappa shape index (κ3) is 6.32. The number of rotatable bonds is 10. The maximum Gasteiger partial charge on any atom is 0.247 e. The summed E-state index contributed by atoms with van der Waals surface area (Å²) in [5.41, 5.74) is 1.85. The van der Waals surface area contributed by atoms with Crippen molar-refractivity contribution in [2.45, 2.75) is 17.9 Å². The SMILES string of the molecule is COc1ccc(Cl)cc1S(=O)(=O)N(CC(=O)NCCc1ccccc1)Cc1ccccc1. The summed E-state index contributed by atoms with van der Waals surface area (Å²) in [5.74, 6) is -0.224. The Morgan fingerprint density at radius 2 is 1.59 bits per heavy atom. The van der Waals surface area contributed by atoms with E-state index in [-0.39, 0.29) is 34.7 Å². The first-order chi connectivity index (χ1) is 15.4. The van der Waals surface area contributed by atoms with E-state index in [9.17, 15) is 13.2 Å². The van der Waals surface area contributed by atoms with Crippen LogP contribution < -0.4 is 10.1 Å². The summed E-state index contributed by atoms with van der Waals surface area (Å²) in [6.45, 7) is 0.106. The minimum atomic E-state index is -4.07. The van der Waals surface area contributed by atoms with Crippen molar-refractivity contribution in [2.75, 3.05) is 20.2 Å². The molecule has 6 nitrogen and oxygen atoms in total. The number of sulfonamides is 1. The Bertz CT molecular complexity index is 1140. The summed E-state index contributed by atoms with van der Waals surface area (Å²) in [7, 11) is -2.68. The van der Waals surface area contributed by atoms with Crippen LogP contribution in [0.15, 0.2) is 83.8 Å². The molecule has 0 saturated heterocycles. The van der Waals surface area contributed by atoms with Gasteiger partial charge in [-0.25, -0.2) is 8.42 Å². The molecule has 0 fully saturated rings. The number of benzene rings is 3. The summed E-state index contributed by atoms with van der Waals surface area (Å²) in [6.07, 6.45) is 0.653. The molecule has 0 saturated carbocycles. The number of nitrogens with one attached hydrogen (secondary N) is 1. The van der Waals surface area contributed by atoms with Crippen LogP contribution in [0.25, 0.3) is 0 Å². The van der Waals surface area contributed by atoms with Crippen LogP contribution in [-0.2, 0) is 27.8 Å². The number of carbonyl (C=O) groups is 1. The van der Waals surface area contributed by atoms with Crippen molar-refractivity contribution in [3.8, 4) is 5.75 Å². The van der Waals surface area contributed by atoms with Crippen LogP contribution in [-0.4, -0.2) is 38.8 Å². The lowest BCUT2D eigenvalue weighted by molar-refractivity contribution is -0.121. The lowest BCUT2D eigenvalue weighted by atomic mass is 10.1. The Morgan fingerprint density at radius 1 is 0.969 bits per heavy atom. The second-order valence-corrected chi connectivity index (χ2v) is 9.48. The summed E-state index contributed by atoms with van der Waals surface area (Å²) >= 11 is 6.06. The van der Waals surface area contributed by atoms with E-state index in [0.29, 0.717) is 13.0 Å². The Labute approximate surface area is 193 Å². The van der Waals surface area contributed by atoms with Gasteiger partial charge in [-0.15, -0.1) is 0 Å². The molecule has 0 spiro atoms. The Morgan fingerprint density at radius 3 is 2.22 bits per heavy atom. The highest BCUT2D eigenvalue weighted by Crippen LogP contribution is 2.30. The maximum atomic E-state index is 13.5. The average Bonchev–Trinajstić information content (AvgIpc) is 2.80. The van der Waals surface area contributed by atoms with Gasteiger partial charge in [0.05, 0.1) is 13.7 Å². The fourth-order valence-corrected chi connectivity index (χ4v) is 5.01. The molecule has 0 atom stereocenters. The smallest absolute Gasteiger partial charge is 0.247 e. The second-order valence-electron chi connectivity index (χ2n) is 7.14. The van der Waals surface area contributed by atoms with Gasteiger partial charge in [-0.2, -0.15) is 4.31 Å². The molecule has 3 rings (SSSR count). The number of carbonyl (C=O) groups excluding carboxylic acids is 1. The third-order valence-corrected chi connectivity index (χ3v) is 6.89. The van der Waals surface area contributed by atoms with Gasteiger partial charge in [0.15, 0.2) is 0 Å². The lowest BCUT2D eigenvalue weighted by Gasteiger charge is -2.23. The van der Waals surface area contributed by atoms with Crippen molar-refractivity contribution in [1.82, 2.24) is 9.62 Å². The van der Waals surface area contributed by atoms with Crippen LogP contribution in [0.1, 0.15) is 11.1 Å². The number of ether oxygens (including phenoxy) is 1. The first-order valence-corrected chi connectivity index (χ1v) is 11.9. The highest BCUT2D eigenvalue weighted by molar-refractivity contribution is 7.89. The zero-order chi connectivity index (χ0) is 23.0. The van der Waals surface area contributed by atoms with Gasteiger partial charge in [0, 0.05) is 18.1 Å². The van der Waals surface area contributed by atoms with Gasteiger partial charge >= 0.3 is 0 Å². The van der Waals surface area contributed by atoms with Gasteiger partial charge in [0.25, 0.3) is 0 Å². The summed E-state index contributed by atoms with van der Waals surface area (Å²) < 4.78 is 33.4. The van der Waals surface area contributed by atoms with Crippen molar-refractivity contribution >= 4 is 27.5 Å². The molecule has 0 aliphatic rings. The monoisotopic (exact) mass is 472 g/mol. The fourth-order valence-electron chi connectivity index (χ4n) is 3.21. The number of halogens is 1. The van der Waals surface area contributed by atoms with E-state index in [1.807, 2.05) is 60.7 Å². The second kappa shape index (κ2) is 11.1. The quantitative estimate of drug-likeness (QED) is 0.485. The minimum Gasteiger partial charge on any atom is -0.495 e. The molecule has 0 radical (unpaired) electrons. The largest absolute Gasteiger partial charge is 0.495 e. The molecule has 3 aromatic carbocycles. The van der Waals surface area contributed by atoms with Crippen molar-refractivity contribution in [1.29, 1.82) is 0 Å². The van der Waals surface area contributed by atoms with E-state index in [1.165, 1.54) is 19.2 Å². The van der Waals surface area contributed by atoms with E-state index >= 15 is 0 Å². The highest BCUT2D eigenvalue weighted by Gasteiger charge is 2.30. The van der Waals surface area contributed by atoms with E-state index < -0.39 is 10.0 Å². The molecule has 168 valence electrons. The Kier molecular flexibility index (Phi) is 8.27. The van der Waals surface area contributed by atoms with Crippen LogP contribution in [0.3, 0.4) is 0 Å². The summed E-state index contributed by atoms with van der Waals surface area (Å²) in [5, 5.41) is 3.07. The number of hydrogen-bond donors (Lipinski definition) is 1. The first kappa shape index (κ1) is 23.8.